The fraction of sp³-hybridized carbons (Fsp3) is 0.231. The van der Waals surface area contributed by atoms with E-state index in [0.717, 1.165) is 11.3 Å². The van der Waals surface area contributed by atoms with Crippen molar-refractivity contribution < 1.29 is 28.7 Å². The zero-order chi connectivity index (χ0) is 27.6. The quantitative estimate of drug-likeness (QED) is 0.194. The number of esters is 2. The van der Waals surface area contributed by atoms with Gasteiger partial charge in [0, 0.05) is 19.1 Å². The van der Waals surface area contributed by atoms with E-state index < -0.39 is 28.5 Å². The molecule has 0 aliphatic carbocycles. The molecule has 1 aliphatic heterocycles. The Balaban J connectivity index is 1.92. The van der Waals surface area contributed by atoms with Crippen LogP contribution in [0.2, 0.25) is 0 Å². The standard InChI is InChI=1S/C26H23N3O8S/c1-5-36-25(32)22-14(2)27-26-28(23(22)17-8-11-19(37-15(3)30)20(13-17)35-4)24(31)21(38-26)12-16-6-9-18(10-7-16)29(33)34/h6-13,23H,5H2,1-4H3/b21-12+/t23-/m0/s1. The van der Waals surface area contributed by atoms with Crippen molar-refractivity contribution in [2.24, 2.45) is 4.99 Å². The summed E-state index contributed by atoms with van der Waals surface area (Å²) in [6.07, 6.45) is 1.61. The number of non-ortho nitro benzene ring substituents is 1. The summed E-state index contributed by atoms with van der Waals surface area (Å²) in [6.45, 7) is 4.74. The molecule has 2 heterocycles. The van der Waals surface area contributed by atoms with Crippen LogP contribution in [0.3, 0.4) is 0 Å². The molecule has 0 fully saturated rings. The van der Waals surface area contributed by atoms with Crippen LogP contribution in [0.1, 0.15) is 37.9 Å². The highest BCUT2D eigenvalue weighted by Crippen LogP contribution is 2.36. The summed E-state index contributed by atoms with van der Waals surface area (Å²) in [4.78, 5) is 53.6. The largest absolute Gasteiger partial charge is 0.493 e. The Morgan fingerprint density at radius 1 is 1.18 bits per heavy atom. The summed E-state index contributed by atoms with van der Waals surface area (Å²) in [5.41, 5.74) is 1.20. The number of nitro groups is 1. The monoisotopic (exact) mass is 537 g/mol. The molecule has 4 rings (SSSR count). The van der Waals surface area contributed by atoms with Crippen molar-refractivity contribution >= 4 is 35.0 Å². The van der Waals surface area contributed by atoms with E-state index in [1.807, 2.05) is 0 Å². The van der Waals surface area contributed by atoms with Gasteiger partial charge in [-0.3, -0.25) is 24.3 Å². The minimum absolute atomic E-state index is 0.0653. The molecule has 38 heavy (non-hydrogen) atoms. The van der Waals surface area contributed by atoms with E-state index in [-0.39, 0.29) is 29.4 Å². The van der Waals surface area contributed by atoms with Gasteiger partial charge >= 0.3 is 11.9 Å². The Morgan fingerprint density at radius 2 is 1.89 bits per heavy atom. The molecule has 1 aliphatic rings. The van der Waals surface area contributed by atoms with Crippen LogP contribution in [-0.4, -0.2) is 35.1 Å². The van der Waals surface area contributed by atoms with Crippen LogP contribution in [0.15, 0.2) is 63.5 Å². The van der Waals surface area contributed by atoms with Crippen molar-refractivity contribution in [2.75, 3.05) is 13.7 Å². The van der Waals surface area contributed by atoms with Gasteiger partial charge in [-0.05, 0) is 55.3 Å². The van der Waals surface area contributed by atoms with Crippen LogP contribution in [0.25, 0.3) is 6.08 Å². The molecular formula is C26H23N3O8S. The van der Waals surface area contributed by atoms with Gasteiger partial charge in [0.1, 0.15) is 0 Å². The van der Waals surface area contributed by atoms with Gasteiger partial charge in [-0.15, -0.1) is 0 Å². The molecule has 0 radical (unpaired) electrons. The maximum atomic E-state index is 13.7. The van der Waals surface area contributed by atoms with Crippen molar-refractivity contribution in [1.29, 1.82) is 0 Å². The molecule has 0 N–H and O–H groups in total. The molecule has 0 amide bonds. The van der Waals surface area contributed by atoms with Crippen LogP contribution in [-0.2, 0) is 14.3 Å². The molecule has 0 spiro atoms. The van der Waals surface area contributed by atoms with Gasteiger partial charge in [-0.25, -0.2) is 9.79 Å². The number of benzene rings is 2. The first kappa shape index (κ1) is 26.5. The predicted molar refractivity (Wildman–Crippen MR) is 138 cm³/mol. The lowest BCUT2D eigenvalue weighted by Crippen LogP contribution is -2.40. The molecule has 11 nitrogen and oxygen atoms in total. The molecule has 0 unspecified atom stereocenters. The van der Waals surface area contributed by atoms with E-state index in [1.165, 1.54) is 36.8 Å². The Bertz CT molecular complexity index is 1650. The molecule has 196 valence electrons. The average molecular weight is 538 g/mol. The SMILES string of the molecule is CCOC(=O)C1=C(C)N=c2s/c(=C/c3ccc([N+](=O)[O-])cc3)c(=O)n2[C@H]1c1ccc(OC(C)=O)c(OC)c1. The van der Waals surface area contributed by atoms with Gasteiger partial charge in [0.05, 0.1) is 40.5 Å². The van der Waals surface area contributed by atoms with Crippen molar-refractivity contribution in [3.05, 3.63) is 94.7 Å². The molecule has 0 saturated carbocycles. The highest BCUT2D eigenvalue weighted by Gasteiger charge is 2.34. The summed E-state index contributed by atoms with van der Waals surface area (Å²) in [6, 6.07) is 9.65. The van der Waals surface area contributed by atoms with Crippen molar-refractivity contribution in [3.8, 4) is 11.5 Å². The summed E-state index contributed by atoms with van der Waals surface area (Å²) in [5, 5.41) is 11.0. The van der Waals surface area contributed by atoms with Crippen molar-refractivity contribution in [3.63, 3.8) is 0 Å². The van der Waals surface area contributed by atoms with Crippen LogP contribution in [0.4, 0.5) is 5.69 Å². The maximum absolute atomic E-state index is 13.7. The van der Waals surface area contributed by atoms with Crippen LogP contribution < -0.4 is 24.4 Å². The molecule has 2 aromatic carbocycles. The number of hydrogen-bond donors (Lipinski definition) is 0. The van der Waals surface area contributed by atoms with E-state index >= 15 is 0 Å². The van der Waals surface area contributed by atoms with Crippen LogP contribution in [0.5, 0.6) is 11.5 Å². The fourth-order valence-electron chi connectivity index (χ4n) is 4.04. The zero-order valence-corrected chi connectivity index (χ0v) is 21.7. The minimum Gasteiger partial charge on any atom is -0.493 e. The number of ether oxygens (including phenoxy) is 3. The van der Waals surface area contributed by atoms with Gasteiger partial charge in [-0.1, -0.05) is 17.4 Å². The Labute approximate surface area is 220 Å². The lowest BCUT2D eigenvalue weighted by molar-refractivity contribution is -0.384. The van der Waals surface area contributed by atoms with Crippen molar-refractivity contribution in [1.82, 2.24) is 4.57 Å². The smallest absolute Gasteiger partial charge is 0.338 e. The number of allylic oxidation sites excluding steroid dienone is 1. The third-order valence-corrected chi connectivity index (χ3v) is 6.66. The lowest BCUT2D eigenvalue weighted by Gasteiger charge is -2.25. The maximum Gasteiger partial charge on any atom is 0.338 e. The molecule has 12 heteroatoms. The average Bonchev–Trinajstić information content (AvgIpc) is 3.17. The second-order valence-electron chi connectivity index (χ2n) is 8.15. The minimum atomic E-state index is -0.899. The number of carbonyl (C=O) groups is 2. The molecule has 3 aromatic rings. The molecule has 0 saturated heterocycles. The highest BCUT2D eigenvalue weighted by atomic mass is 32.1. The van der Waals surface area contributed by atoms with Gasteiger partial charge < -0.3 is 14.2 Å². The fourth-order valence-corrected chi connectivity index (χ4v) is 5.09. The summed E-state index contributed by atoms with van der Waals surface area (Å²) in [7, 11) is 1.41. The van der Waals surface area contributed by atoms with E-state index in [9.17, 15) is 24.5 Å². The number of methoxy groups -OCH3 is 1. The normalized spacial score (nSPS) is 14.9. The number of fused-ring (bicyclic) bond motifs is 1. The number of nitro benzene ring substituents is 1. The lowest BCUT2D eigenvalue weighted by atomic mass is 9.95. The predicted octanol–water partition coefficient (Wildman–Crippen LogP) is 2.64. The Kier molecular flexibility index (Phi) is 7.53. The molecule has 1 aromatic heterocycles. The first-order valence-electron chi connectivity index (χ1n) is 11.4. The second-order valence-corrected chi connectivity index (χ2v) is 9.16. The highest BCUT2D eigenvalue weighted by molar-refractivity contribution is 7.07. The molecular weight excluding hydrogens is 514 g/mol. The molecule has 1 atom stereocenters. The number of carbonyl (C=O) groups excluding carboxylic acids is 2. The number of hydrogen-bond acceptors (Lipinski definition) is 10. The van der Waals surface area contributed by atoms with Gasteiger partial charge in [-0.2, -0.15) is 0 Å². The van der Waals surface area contributed by atoms with E-state index in [4.69, 9.17) is 14.2 Å². The van der Waals surface area contributed by atoms with Gasteiger partial charge in [0.15, 0.2) is 16.3 Å². The summed E-state index contributed by atoms with van der Waals surface area (Å²) < 4.78 is 17.6. The van der Waals surface area contributed by atoms with Crippen LogP contribution in [0, 0.1) is 10.1 Å². The van der Waals surface area contributed by atoms with E-state index in [1.54, 1.807) is 44.2 Å². The van der Waals surface area contributed by atoms with E-state index in [2.05, 4.69) is 4.99 Å². The number of nitrogens with zero attached hydrogens (tertiary/aromatic N) is 3. The Hall–Kier alpha value is -4.58. The second kappa shape index (κ2) is 10.8. The topological polar surface area (TPSA) is 139 Å². The van der Waals surface area contributed by atoms with Crippen LogP contribution >= 0.6 is 11.3 Å². The number of aromatic nitrogens is 1. The third kappa shape index (κ3) is 5.11. The summed E-state index contributed by atoms with van der Waals surface area (Å²) >= 11 is 1.13. The van der Waals surface area contributed by atoms with Gasteiger partial charge in [0.25, 0.3) is 11.2 Å². The van der Waals surface area contributed by atoms with Crippen molar-refractivity contribution in [2.45, 2.75) is 26.8 Å². The first-order chi connectivity index (χ1) is 18.1. The van der Waals surface area contributed by atoms with Gasteiger partial charge in [0.2, 0.25) is 0 Å². The number of rotatable bonds is 7. The Morgan fingerprint density at radius 3 is 2.50 bits per heavy atom. The first-order valence-corrected chi connectivity index (χ1v) is 12.3. The number of thiazole rings is 1. The molecule has 0 bridgehead atoms. The third-order valence-electron chi connectivity index (χ3n) is 5.68. The summed E-state index contributed by atoms with van der Waals surface area (Å²) in [5.74, 6) is -0.721. The van der Waals surface area contributed by atoms with E-state index in [0.29, 0.717) is 26.2 Å². The zero-order valence-electron chi connectivity index (χ0n) is 20.9.